The Bertz CT molecular complexity index is 281. The van der Waals surface area contributed by atoms with E-state index in [0.717, 1.165) is 24.5 Å². The Kier molecular flexibility index (Phi) is 4.48. The Labute approximate surface area is 118 Å². The van der Waals surface area contributed by atoms with Crippen molar-refractivity contribution in [3.63, 3.8) is 0 Å². The van der Waals surface area contributed by atoms with Gasteiger partial charge in [0.15, 0.2) is 0 Å². The molecule has 0 aromatic heterocycles. The van der Waals surface area contributed by atoms with Gasteiger partial charge in [-0.2, -0.15) is 0 Å². The largest absolute Gasteiger partial charge is 0.375 e. The molecule has 2 heteroatoms. The third-order valence-corrected chi connectivity index (χ3v) is 6.05. The summed E-state index contributed by atoms with van der Waals surface area (Å²) in [7, 11) is 2.18. The van der Waals surface area contributed by atoms with Crippen LogP contribution in [0.5, 0.6) is 0 Å². The third-order valence-electron chi connectivity index (χ3n) is 6.05. The van der Waals surface area contributed by atoms with E-state index in [1.165, 1.54) is 70.6 Å². The topological polar surface area (TPSA) is 21.3 Å². The molecule has 110 valence electrons. The molecule has 1 aliphatic heterocycles. The Morgan fingerprint density at radius 2 is 1.89 bits per heavy atom. The molecule has 1 N–H and O–H groups in total. The quantitative estimate of drug-likeness (QED) is 0.832. The maximum atomic E-state index is 6.09. The van der Waals surface area contributed by atoms with Crippen molar-refractivity contribution in [2.75, 3.05) is 13.7 Å². The predicted octanol–water partition coefficient (Wildman–Crippen LogP) is 3.89. The van der Waals surface area contributed by atoms with Gasteiger partial charge in [-0.25, -0.2) is 0 Å². The average molecular weight is 265 g/mol. The molecule has 2 nitrogen and oxygen atoms in total. The standard InChI is InChI=1S/C17H31NO/c1-18-16(12-14-6-3-2-4-7-14)15-8-11-19-17(13-15)9-5-10-17/h14-16,18H,2-13H2,1H3. The van der Waals surface area contributed by atoms with E-state index in [4.69, 9.17) is 4.74 Å². The molecule has 0 amide bonds. The molecule has 2 saturated carbocycles. The van der Waals surface area contributed by atoms with Gasteiger partial charge in [0.1, 0.15) is 0 Å². The van der Waals surface area contributed by atoms with Gasteiger partial charge >= 0.3 is 0 Å². The van der Waals surface area contributed by atoms with Gasteiger partial charge in [-0.15, -0.1) is 0 Å². The van der Waals surface area contributed by atoms with E-state index >= 15 is 0 Å². The molecule has 19 heavy (non-hydrogen) atoms. The van der Waals surface area contributed by atoms with Crippen molar-refractivity contribution in [3.8, 4) is 0 Å². The predicted molar refractivity (Wildman–Crippen MR) is 79.3 cm³/mol. The van der Waals surface area contributed by atoms with Crippen molar-refractivity contribution < 1.29 is 4.74 Å². The summed E-state index contributed by atoms with van der Waals surface area (Å²) in [6, 6.07) is 0.740. The SMILES string of the molecule is CNC(CC1CCCCC1)C1CCOC2(CCC2)C1. The summed E-state index contributed by atoms with van der Waals surface area (Å²) in [4.78, 5) is 0. The summed E-state index contributed by atoms with van der Waals surface area (Å²) < 4.78 is 6.09. The summed E-state index contributed by atoms with van der Waals surface area (Å²) >= 11 is 0. The van der Waals surface area contributed by atoms with Gasteiger partial charge in [-0.05, 0) is 57.4 Å². The van der Waals surface area contributed by atoms with Crippen molar-refractivity contribution in [3.05, 3.63) is 0 Å². The number of hydrogen-bond donors (Lipinski definition) is 1. The first kappa shape index (κ1) is 13.9. The highest BCUT2D eigenvalue weighted by molar-refractivity contribution is 4.96. The van der Waals surface area contributed by atoms with E-state index in [1.54, 1.807) is 0 Å². The van der Waals surface area contributed by atoms with Gasteiger partial charge in [-0.3, -0.25) is 0 Å². The summed E-state index contributed by atoms with van der Waals surface area (Å²) in [5, 5.41) is 3.65. The lowest BCUT2D eigenvalue weighted by Gasteiger charge is -2.49. The normalized spacial score (nSPS) is 33.0. The number of ether oxygens (including phenoxy) is 1. The van der Waals surface area contributed by atoms with Crippen molar-refractivity contribution >= 4 is 0 Å². The second kappa shape index (κ2) is 6.13. The Balaban J connectivity index is 1.54. The van der Waals surface area contributed by atoms with Crippen LogP contribution in [-0.4, -0.2) is 25.3 Å². The second-order valence-electron chi connectivity index (χ2n) is 7.27. The molecular formula is C17H31NO. The molecule has 2 unspecified atom stereocenters. The molecule has 0 aromatic rings. The lowest BCUT2D eigenvalue weighted by molar-refractivity contribution is -0.147. The van der Waals surface area contributed by atoms with Gasteiger partial charge in [0, 0.05) is 12.6 Å². The molecule has 1 heterocycles. The first-order chi connectivity index (χ1) is 9.31. The van der Waals surface area contributed by atoms with E-state index in [-0.39, 0.29) is 0 Å². The molecule has 0 bridgehead atoms. The number of hydrogen-bond acceptors (Lipinski definition) is 2. The highest BCUT2D eigenvalue weighted by atomic mass is 16.5. The summed E-state index contributed by atoms with van der Waals surface area (Å²) in [5.74, 6) is 1.85. The minimum atomic E-state index is 0.310. The van der Waals surface area contributed by atoms with Crippen LogP contribution < -0.4 is 5.32 Å². The molecule has 3 rings (SSSR count). The minimum Gasteiger partial charge on any atom is -0.375 e. The van der Waals surface area contributed by atoms with Crippen LogP contribution in [0.4, 0.5) is 0 Å². The second-order valence-corrected chi connectivity index (χ2v) is 7.27. The fourth-order valence-electron chi connectivity index (χ4n) is 4.66. The molecule has 0 radical (unpaired) electrons. The zero-order valence-corrected chi connectivity index (χ0v) is 12.6. The zero-order valence-electron chi connectivity index (χ0n) is 12.6. The van der Waals surface area contributed by atoms with Crippen LogP contribution >= 0.6 is 0 Å². The summed E-state index contributed by atoms with van der Waals surface area (Å²) in [6.45, 7) is 1.01. The Morgan fingerprint density at radius 1 is 1.11 bits per heavy atom. The Morgan fingerprint density at radius 3 is 2.53 bits per heavy atom. The van der Waals surface area contributed by atoms with E-state index in [0.29, 0.717) is 5.60 Å². The van der Waals surface area contributed by atoms with Gasteiger partial charge in [-0.1, -0.05) is 32.1 Å². The molecule has 0 aromatic carbocycles. The first-order valence-electron chi connectivity index (χ1n) is 8.62. The maximum absolute atomic E-state index is 6.09. The average Bonchev–Trinajstić information content (AvgIpc) is 2.44. The van der Waals surface area contributed by atoms with Crippen LogP contribution in [0.15, 0.2) is 0 Å². The highest BCUT2D eigenvalue weighted by Gasteiger charge is 2.44. The maximum Gasteiger partial charge on any atom is 0.0685 e. The van der Waals surface area contributed by atoms with E-state index in [2.05, 4.69) is 12.4 Å². The van der Waals surface area contributed by atoms with Crippen molar-refractivity contribution in [2.24, 2.45) is 11.8 Å². The zero-order chi connectivity index (χ0) is 13.1. The van der Waals surface area contributed by atoms with E-state index in [1.807, 2.05) is 0 Å². The molecule has 3 aliphatic rings. The van der Waals surface area contributed by atoms with Gasteiger partial charge in [0.25, 0.3) is 0 Å². The molecule has 2 aliphatic carbocycles. The molecule has 1 saturated heterocycles. The summed E-state index contributed by atoms with van der Waals surface area (Å²) in [6.07, 6.45) is 15.4. The molecule has 1 spiro atoms. The monoisotopic (exact) mass is 265 g/mol. The fourth-order valence-corrected chi connectivity index (χ4v) is 4.66. The van der Waals surface area contributed by atoms with Crippen LogP contribution in [0.3, 0.4) is 0 Å². The van der Waals surface area contributed by atoms with Crippen molar-refractivity contribution in [1.29, 1.82) is 0 Å². The lowest BCUT2D eigenvalue weighted by Crippen LogP contribution is -2.50. The van der Waals surface area contributed by atoms with Crippen LogP contribution in [0, 0.1) is 11.8 Å². The molecule has 3 fully saturated rings. The lowest BCUT2D eigenvalue weighted by atomic mass is 9.69. The van der Waals surface area contributed by atoms with Crippen molar-refractivity contribution in [2.45, 2.75) is 82.3 Å². The summed E-state index contributed by atoms with van der Waals surface area (Å²) in [5.41, 5.74) is 0.310. The van der Waals surface area contributed by atoms with Crippen LogP contribution in [0.2, 0.25) is 0 Å². The van der Waals surface area contributed by atoms with E-state index in [9.17, 15) is 0 Å². The first-order valence-corrected chi connectivity index (χ1v) is 8.62. The van der Waals surface area contributed by atoms with Crippen molar-refractivity contribution in [1.82, 2.24) is 5.32 Å². The number of nitrogens with one attached hydrogen (secondary N) is 1. The number of rotatable bonds is 4. The fraction of sp³-hybridized carbons (Fsp3) is 1.00. The minimum absolute atomic E-state index is 0.310. The molecular weight excluding hydrogens is 234 g/mol. The molecule has 2 atom stereocenters. The smallest absolute Gasteiger partial charge is 0.0685 e. The highest BCUT2D eigenvalue weighted by Crippen LogP contribution is 2.45. The van der Waals surface area contributed by atoms with Crippen LogP contribution in [-0.2, 0) is 4.74 Å². The van der Waals surface area contributed by atoms with Crippen LogP contribution in [0.1, 0.15) is 70.6 Å². The third kappa shape index (κ3) is 3.16. The van der Waals surface area contributed by atoms with Gasteiger partial charge in [0.2, 0.25) is 0 Å². The van der Waals surface area contributed by atoms with Gasteiger partial charge in [0.05, 0.1) is 5.60 Å². The van der Waals surface area contributed by atoms with Crippen LogP contribution in [0.25, 0.3) is 0 Å². The van der Waals surface area contributed by atoms with E-state index < -0.39 is 0 Å². The Hall–Kier alpha value is -0.0800. The van der Waals surface area contributed by atoms with Gasteiger partial charge < -0.3 is 10.1 Å².